The fourth-order valence-electron chi connectivity index (χ4n) is 3.60. The molecule has 1 N–H and O–H groups in total. The average molecular weight is 497 g/mol. The molecule has 7 nitrogen and oxygen atoms in total. The summed E-state index contributed by atoms with van der Waals surface area (Å²) in [4.78, 5) is 12.7. The maximum Gasteiger partial charge on any atom is 0.251 e. The van der Waals surface area contributed by atoms with Crippen molar-refractivity contribution in [3.05, 3.63) is 89.0 Å². The molecule has 3 rings (SSSR count). The van der Waals surface area contributed by atoms with Crippen LogP contribution in [0.2, 0.25) is 0 Å². The fraction of sp³-hybridized carbons (Fsp3) is 0.296. The van der Waals surface area contributed by atoms with E-state index in [9.17, 15) is 13.2 Å². The molecular formula is C27H32N2O5S. The molecule has 1 unspecified atom stereocenters. The second-order valence-corrected chi connectivity index (χ2v) is 10.5. The molecule has 0 aliphatic rings. The molecule has 0 aliphatic carbocycles. The van der Waals surface area contributed by atoms with Gasteiger partial charge in [0.25, 0.3) is 5.91 Å². The van der Waals surface area contributed by atoms with Gasteiger partial charge in [-0.2, -0.15) is 0 Å². The van der Waals surface area contributed by atoms with Gasteiger partial charge in [-0.15, -0.1) is 0 Å². The zero-order valence-corrected chi connectivity index (χ0v) is 21.6. The van der Waals surface area contributed by atoms with Crippen LogP contribution in [-0.2, 0) is 16.6 Å². The third-order valence-corrected chi connectivity index (χ3v) is 6.64. The number of benzene rings is 3. The summed E-state index contributed by atoms with van der Waals surface area (Å²) >= 11 is 0. The van der Waals surface area contributed by atoms with Gasteiger partial charge in [-0.25, -0.2) is 8.42 Å². The Balaban J connectivity index is 1.65. The van der Waals surface area contributed by atoms with Crippen molar-refractivity contribution >= 4 is 21.6 Å². The lowest BCUT2D eigenvalue weighted by molar-refractivity contribution is 0.0926. The number of hydrogen-bond donors (Lipinski definition) is 1. The number of carbonyl (C=O) groups is 1. The van der Waals surface area contributed by atoms with E-state index in [0.717, 1.165) is 16.7 Å². The first-order valence-electron chi connectivity index (χ1n) is 11.3. The number of para-hydroxylation sites is 2. The van der Waals surface area contributed by atoms with E-state index in [1.54, 1.807) is 31.4 Å². The lowest BCUT2D eigenvalue weighted by Gasteiger charge is -2.25. The Labute approximate surface area is 207 Å². The average Bonchev–Trinajstić information content (AvgIpc) is 2.82. The number of anilines is 1. The van der Waals surface area contributed by atoms with Crippen molar-refractivity contribution < 1.29 is 22.7 Å². The van der Waals surface area contributed by atoms with Crippen LogP contribution in [0.1, 0.15) is 34.0 Å². The number of hydrogen-bond acceptors (Lipinski definition) is 5. The van der Waals surface area contributed by atoms with Crippen molar-refractivity contribution in [2.24, 2.45) is 0 Å². The van der Waals surface area contributed by atoms with Crippen molar-refractivity contribution in [2.45, 2.75) is 33.4 Å². The Morgan fingerprint density at radius 2 is 1.66 bits per heavy atom. The second-order valence-electron chi connectivity index (χ2n) is 8.59. The van der Waals surface area contributed by atoms with Crippen LogP contribution < -0.4 is 19.1 Å². The number of amides is 1. The predicted octanol–water partition coefficient (Wildman–Crippen LogP) is 4.48. The molecule has 0 saturated carbocycles. The molecule has 0 radical (unpaired) electrons. The molecule has 0 aromatic heterocycles. The normalized spacial score (nSPS) is 12.0. The minimum absolute atomic E-state index is 0.175. The van der Waals surface area contributed by atoms with Crippen molar-refractivity contribution in [3.63, 3.8) is 0 Å². The zero-order chi connectivity index (χ0) is 25.6. The molecule has 0 saturated heterocycles. The smallest absolute Gasteiger partial charge is 0.251 e. The Bertz CT molecular complexity index is 1270. The van der Waals surface area contributed by atoms with E-state index in [0.29, 0.717) is 22.7 Å². The van der Waals surface area contributed by atoms with Gasteiger partial charge in [0.05, 0.1) is 31.6 Å². The third-order valence-electron chi connectivity index (χ3n) is 5.51. The van der Waals surface area contributed by atoms with E-state index in [4.69, 9.17) is 9.47 Å². The molecule has 0 aliphatic heterocycles. The summed E-state index contributed by atoms with van der Waals surface area (Å²) in [6.45, 7) is 6.13. The van der Waals surface area contributed by atoms with Crippen molar-refractivity contribution in [3.8, 4) is 11.5 Å². The number of rotatable bonds is 10. The number of aryl methyl sites for hydroxylation is 2. The standard InChI is InChI=1S/C27H32N2O5S/c1-19-10-11-20(2)24(16-19)29(35(5,31)32)17-22-12-14-23(15-13-22)27(30)28-21(3)18-34-26-9-7-6-8-25(26)33-4/h6-16,21H,17-18H2,1-5H3,(H,28,30). The quantitative estimate of drug-likeness (QED) is 0.448. The topological polar surface area (TPSA) is 84.9 Å². The van der Waals surface area contributed by atoms with Gasteiger partial charge in [-0.3, -0.25) is 9.10 Å². The summed E-state index contributed by atoms with van der Waals surface area (Å²) in [6.07, 6.45) is 1.20. The van der Waals surface area contributed by atoms with E-state index in [1.807, 2.05) is 63.2 Å². The van der Waals surface area contributed by atoms with E-state index in [-0.39, 0.29) is 25.1 Å². The number of nitrogens with one attached hydrogen (secondary N) is 1. The SMILES string of the molecule is COc1ccccc1OCC(C)NC(=O)c1ccc(CN(c2cc(C)ccc2C)S(C)(=O)=O)cc1. The van der Waals surface area contributed by atoms with E-state index in [2.05, 4.69) is 5.32 Å². The summed E-state index contributed by atoms with van der Waals surface area (Å²) in [7, 11) is -1.92. The highest BCUT2D eigenvalue weighted by Crippen LogP contribution is 2.27. The Morgan fingerprint density at radius 1 is 1.00 bits per heavy atom. The molecule has 0 spiro atoms. The monoisotopic (exact) mass is 496 g/mol. The maximum absolute atomic E-state index is 12.7. The lowest BCUT2D eigenvalue weighted by atomic mass is 10.1. The third kappa shape index (κ3) is 6.99. The first-order valence-corrected chi connectivity index (χ1v) is 13.1. The molecule has 1 atom stereocenters. The van der Waals surface area contributed by atoms with Crippen molar-refractivity contribution in [1.82, 2.24) is 5.32 Å². The largest absolute Gasteiger partial charge is 0.493 e. The molecule has 35 heavy (non-hydrogen) atoms. The van der Waals surface area contributed by atoms with Gasteiger partial charge in [-0.1, -0.05) is 36.4 Å². The van der Waals surface area contributed by atoms with Gasteiger partial charge < -0.3 is 14.8 Å². The van der Waals surface area contributed by atoms with E-state index >= 15 is 0 Å². The number of ether oxygens (including phenoxy) is 2. The van der Waals surface area contributed by atoms with Crippen LogP contribution >= 0.6 is 0 Å². The molecule has 0 bridgehead atoms. The number of sulfonamides is 1. The van der Waals surface area contributed by atoms with Gasteiger partial charge in [0.1, 0.15) is 6.61 Å². The van der Waals surface area contributed by atoms with Crippen LogP contribution in [0.15, 0.2) is 66.7 Å². The summed E-state index contributed by atoms with van der Waals surface area (Å²) in [5.74, 6) is 1.01. The highest BCUT2D eigenvalue weighted by atomic mass is 32.2. The van der Waals surface area contributed by atoms with E-state index < -0.39 is 10.0 Å². The molecule has 8 heteroatoms. The van der Waals surface area contributed by atoms with Crippen molar-refractivity contribution in [2.75, 3.05) is 24.3 Å². The summed E-state index contributed by atoms with van der Waals surface area (Å²) in [5, 5.41) is 2.92. The number of carbonyl (C=O) groups excluding carboxylic acids is 1. The predicted molar refractivity (Wildman–Crippen MR) is 139 cm³/mol. The molecule has 1 amide bonds. The van der Waals surface area contributed by atoms with Gasteiger partial charge in [0, 0.05) is 5.56 Å². The number of nitrogens with zero attached hydrogens (tertiary/aromatic N) is 1. The van der Waals surface area contributed by atoms with Gasteiger partial charge in [0.2, 0.25) is 10.0 Å². The van der Waals surface area contributed by atoms with Gasteiger partial charge in [-0.05, 0) is 67.8 Å². The van der Waals surface area contributed by atoms with E-state index in [1.165, 1.54) is 10.6 Å². The summed E-state index contributed by atoms with van der Waals surface area (Å²) < 4.78 is 37.5. The molecule has 186 valence electrons. The van der Waals surface area contributed by atoms with Crippen LogP contribution in [0.3, 0.4) is 0 Å². The Kier molecular flexibility index (Phi) is 8.40. The van der Waals surface area contributed by atoms with Crippen LogP contribution in [-0.4, -0.2) is 40.3 Å². The van der Waals surface area contributed by atoms with Gasteiger partial charge in [0.15, 0.2) is 11.5 Å². The first kappa shape index (κ1) is 26.1. The Hall–Kier alpha value is -3.52. The zero-order valence-electron chi connectivity index (χ0n) is 20.7. The second kappa shape index (κ2) is 11.3. The van der Waals surface area contributed by atoms with Crippen LogP contribution in [0.25, 0.3) is 0 Å². The first-order chi connectivity index (χ1) is 16.6. The number of methoxy groups -OCH3 is 1. The molecule has 0 heterocycles. The molecule has 3 aromatic carbocycles. The fourth-order valence-corrected chi connectivity index (χ4v) is 4.54. The summed E-state index contributed by atoms with van der Waals surface area (Å²) in [6, 6.07) is 19.8. The van der Waals surface area contributed by atoms with Gasteiger partial charge >= 0.3 is 0 Å². The van der Waals surface area contributed by atoms with Crippen molar-refractivity contribution in [1.29, 1.82) is 0 Å². The Morgan fingerprint density at radius 3 is 2.29 bits per heavy atom. The highest BCUT2D eigenvalue weighted by molar-refractivity contribution is 7.92. The molecule has 3 aromatic rings. The summed E-state index contributed by atoms with van der Waals surface area (Å²) in [5.41, 5.74) is 3.77. The highest BCUT2D eigenvalue weighted by Gasteiger charge is 2.20. The maximum atomic E-state index is 12.7. The minimum Gasteiger partial charge on any atom is -0.493 e. The lowest BCUT2D eigenvalue weighted by Crippen LogP contribution is -2.36. The van der Waals surface area contributed by atoms with Crippen LogP contribution in [0.4, 0.5) is 5.69 Å². The molecular weight excluding hydrogens is 464 g/mol. The van der Waals surface area contributed by atoms with Crippen LogP contribution in [0, 0.1) is 13.8 Å². The van der Waals surface area contributed by atoms with Crippen LogP contribution in [0.5, 0.6) is 11.5 Å². The minimum atomic E-state index is -3.50. The molecule has 0 fully saturated rings.